The van der Waals surface area contributed by atoms with E-state index in [1.807, 2.05) is 60.7 Å². The molecule has 6 heteroatoms. The molecular weight excluding hydrogens is 408 g/mol. The van der Waals surface area contributed by atoms with Crippen LogP contribution in [0.15, 0.2) is 97.1 Å². The molecule has 4 N–H and O–H groups in total. The van der Waals surface area contributed by atoms with Crippen molar-refractivity contribution in [2.75, 3.05) is 0 Å². The van der Waals surface area contributed by atoms with Gasteiger partial charge in [-0.15, -0.1) is 0 Å². The van der Waals surface area contributed by atoms with Gasteiger partial charge in [-0.25, -0.2) is 0 Å². The van der Waals surface area contributed by atoms with Crippen molar-refractivity contribution in [1.82, 2.24) is 0 Å². The quantitative estimate of drug-likeness (QED) is 0.352. The molecule has 32 heavy (non-hydrogen) atoms. The molecule has 160 valence electrons. The first-order chi connectivity index (χ1) is 15.4. The number of carbonyl (C=O) groups excluding carboxylic acids is 2. The number of aromatic hydroxyl groups is 4. The third kappa shape index (κ3) is 5.31. The first-order valence-corrected chi connectivity index (χ1v) is 9.60. The van der Waals surface area contributed by atoms with Crippen LogP contribution >= 0.6 is 0 Å². The maximum absolute atomic E-state index is 12.0. The topological polar surface area (TPSA) is 115 Å². The molecule has 0 heterocycles. The first kappa shape index (κ1) is 22.1. The number of carbonyl (C=O) groups is 2. The van der Waals surface area contributed by atoms with Gasteiger partial charge < -0.3 is 20.4 Å². The van der Waals surface area contributed by atoms with Crippen LogP contribution in [0.2, 0.25) is 0 Å². The molecule has 4 aromatic rings. The molecule has 0 spiro atoms. The molecule has 0 radical (unpaired) electrons. The van der Waals surface area contributed by atoms with E-state index in [4.69, 9.17) is 10.2 Å². The van der Waals surface area contributed by atoms with E-state index in [0.29, 0.717) is 0 Å². The number of phenolic OH excluding ortho intramolecular Hbond substituents is 4. The largest absolute Gasteiger partial charge is 0.508 e. The van der Waals surface area contributed by atoms with Crippen LogP contribution in [0, 0.1) is 0 Å². The maximum Gasteiger partial charge on any atom is 0.200 e. The van der Waals surface area contributed by atoms with Crippen LogP contribution in [0.1, 0.15) is 31.8 Å². The molecule has 0 saturated carbocycles. The number of benzene rings is 4. The normalized spacial score (nSPS) is 10.0. The summed E-state index contributed by atoms with van der Waals surface area (Å²) in [6.07, 6.45) is 0. The lowest BCUT2D eigenvalue weighted by molar-refractivity contribution is 0.102. The highest BCUT2D eigenvalue weighted by atomic mass is 16.3. The molecule has 4 aromatic carbocycles. The summed E-state index contributed by atoms with van der Waals surface area (Å²) in [6, 6.07) is 25.7. The van der Waals surface area contributed by atoms with Crippen LogP contribution in [-0.4, -0.2) is 32.0 Å². The minimum absolute atomic E-state index is 0.0474. The third-order valence-corrected chi connectivity index (χ3v) is 4.52. The van der Waals surface area contributed by atoms with Crippen LogP contribution in [0.3, 0.4) is 0 Å². The van der Waals surface area contributed by atoms with Crippen LogP contribution < -0.4 is 0 Å². The van der Waals surface area contributed by atoms with Gasteiger partial charge in [0.05, 0.1) is 11.1 Å². The Labute approximate surface area is 184 Å². The smallest absolute Gasteiger partial charge is 0.200 e. The van der Waals surface area contributed by atoms with Gasteiger partial charge in [-0.2, -0.15) is 0 Å². The van der Waals surface area contributed by atoms with Crippen molar-refractivity contribution in [3.8, 4) is 23.0 Å². The molecule has 6 nitrogen and oxygen atoms in total. The van der Waals surface area contributed by atoms with Crippen molar-refractivity contribution in [1.29, 1.82) is 0 Å². The summed E-state index contributed by atoms with van der Waals surface area (Å²) in [5, 5.41) is 37.4. The predicted molar refractivity (Wildman–Crippen MR) is 119 cm³/mol. The van der Waals surface area contributed by atoms with E-state index in [0.717, 1.165) is 23.3 Å². The second-order valence-electron chi connectivity index (χ2n) is 6.79. The minimum Gasteiger partial charge on any atom is -0.508 e. The lowest BCUT2D eigenvalue weighted by atomic mass is 10.0. The molecular formula is C26H20O6. The van der Waals surface area contributed by atoms with Gasteiger partial charge in [-0.05, 0) is 24.3 Å². The zero-order chi connectivity index (χ0) is 23.1. The van der Waals surface area contributed by atoms with E-state index in [1.165, 1.54) is 24.3 Å². The van der Waals surface area contributed by atoms with Crippen LogP contribution in [0.25, 0.3) is 0 Å². The Kier molecular flexibility index (Phi) is 6.88. The van der Waals surface area contributed by atoms with Gasteiger partial charge in [0, 0.05) is 23.3 Å². The number of ketones is 2. The summed E-state index contributed by atoms with van der Waals surface area (Å²) < 4.78 is 0. The predicted octanol–water partition coefficient (Wildman–Crippen LogP) is 4.66. The van der Waals surface area contributed by atoms with E-state index in [-0.39, 0.29) is 39.9 Å². The Bertz CT molecular complexity index is 1140. The monoisotopic (exact) mass is 428 g/mol. The molecule has 0 aromatic heterocycles. The molecule has 0 aliphatic carbocycles. The molecule has 0 atom stereocenters. The van der Waals surface area contributed by atoms with E-state index in [1.54, 1.807) is 0 Å². The van der Waals surface area contributed by atoms with Crippen molar-refractivity contribution < 1.29 is 30.0 Å². The molecule has 0 amide bonds. The van der Waals surface area contributed by atoms with Gasteiger partial charge in [-0.1, -0.05) is 60.7 Å². The fourth-order valence-corrected chi connectivity index (χ4v) is 2.91. The molecule has 0 fully saturated rings. The SMILES string of the molecule is O=C(c1ccc(O)cc1O)c1ccc(O)cc1O.O=C(c1ccccc1)c1ccccc1. The Morgan fingerprint density at radius 1 is 0.469 bits per heavy atom. The molecule has 0 aliphatic heterocycles. The summed E-state index contributed by atoms with van der Waals surface area (Å²) in [6.45, 7) is 0. The van der Waals surface area contributed by atoms with Gasteiger partial charge in [0.25, 0.3) is 0 Å². The third-order valence-electron chi connectivity index (χ3n) is 4.52. The summed E-state index contributed by atoms with van der Waals surface area (Å²) in [7, 11) is 0. The molecule has 0 unspecified atom stereocenters. The number of rotatable bonds is 4. The van der Waals surface area contributed by atoms with Gasteiger partial charge in [0.2, 0.25) is 0 Å². The zero-order valence-corrected chi connectivity index (χ0v) is 16.8. The van der Waals surface area contributed by atoms with Crippen molar-refractivity contribution in [2.45, 2.75) is 0 Å². The van der Waals surface area contributed by atoms with E-state index in [2.05, 4.69) is 0 Å². The second kappa shape index (κ2) is 9.95. The Balaban J connectivity index is 0.000000186. The van der Waals surface area contributed by atoms with Crippen molar-refractivity contribution in [3.05, 3.63) is 119 Å². The number of hydrogen-bond donors (Lipinski definition) is 4. The Morgan fingerprint density at radius 2 is 0.844 bits per heavy atom. The molecule has 0 bridgehead atoms. The van der Waals surface area contributed by atoms with E-state index >= 15 is 0 Å². The average molecular weight is 428 g/mol. The van der Waals surface area contributed by atoms with Gasteiger partial charge in [-0.3, -0.25) is 9.59 Å². The summed E-state index contributed by atoms with van der Waals surface area (Å²) in [4.78, 5) is 23.9. The van der Waals surface area contributed by atoms with Crippen LogP contribution in [-0.2, 0) is 0 Å². The standard InChI is InChI=1S/C13H10O5.C13H10O/c14-7-1-3-9(11(16)5-7)13(18)10-4-2-8(15)6-12(10)17;14-13(11-7-3-1-4-8-11)12-9-5-2-6-10-12/h1-6,14-17H;1-10H. The summed E-state index contributed by atoms with van der Waals surface area (Å²) in [5.74, 6) is -1.63. The highest BCUT2D eigenvalue weighted by molar-refractivity contribution is 6.12. The zero-order valence-electron chi connectivity index (χ0n) is 16.8. The lowest BCUT2D eigenvalue weighted by Gasteiger charge is -2.06. The second-order valence-corrected chi connectivity index (χ2v) is 6.79. The van der Waals surface area contributed by atoms with Crippen molar-refractivity contribution in [3.63, 3.8) is 0 Å². The molecule has 0 aliphatic rings. The fraction of sp³-hybridized carbons (Fsp3) is 0. The first-order valence-electron chi connectivity index (χ1n) is 9.60. The molecule has 0 saturated heterocycles. The van der Waals surface area contributed by atoms with Crippen molar-refractivity contribution >= 4 is 11.6 Å². The van der Waals surface area contributed by atoms with E-state index < -0.39 is 5.78 Å². The van der Waals surface area contributed by atoms with Gasteiger partial charge in [0.1, 0.15) is 23.0 Å². The van der Waals surface area contributed by atoms with Gasteiger partial charge in [0.15, 0.2) is 11.6 Å². The molecule has 4 rings (SSSR count). The number of hydrogen-bond acceptors (Lipinski definition) is 6. The Hall–Kier alpha value is -4.58. The van der Waals surface area contributed by atoms with Crippen LogP contribution in [0.4, 0.5) is 0 Å². The highest BCUT2D eigenvalue weighted by Gasteiger charge is 2.17. The Morgan fingerprint density at radius 3 is 1.19 bits per heavy atom. The summed E-state index contributed by atoms with van der Waals surface area (Å²) >= 11 is 0. The number of phenols is 4. The summed E-state index contributed by atoms with van der Waals surface area (Å²) in [5.41, 5.74) is 1.37. The lowest BCUT2D eigenvalue weighted by Crippen LogP contribution is -2.01. The minimum atomic E-state index is -0.606. The van der Waals surface area contributed by atoms with E-state index in [9.17, 15) is 19.8 Å². The van der Waals surface area contributed by atoms with Gasteiger partial charge >= 0.3 is 0 Å². The van der Waals surface area contributed by atoms with Crippen LogP contribution in [0.5, 0.6) is 23.0 Å². The fourth-order valence-electron chi connectivity index (χ4n) is 2.91. The average Bonchev–Trinajstić information content (AvgIpc) is 2.80. The van der Waals surface area contributed by atoms with Crippen molar-refractivity contribution in [2.24, 2.45) is 0 Å². The maximum atomic E-state index is 12.0. The highest BCUT2D eigenvalue weighted by Crippen LogP contribution is 2.29.